The Kier molecular flexibility index (Phi) is 3.52. The van der Waals surface area contributed by atoms with E-state index < -0.39 is 17.5 Å². The third-order valence-electron chi connectivity index (χ3n) is 1.92. The molecule has 0 spiro atoms. The topological polar surface area (TPSA) is 17.1 Å². The molecule has 1 rings (SSSR count). The highest BCUT2D eigenvalue weighted by Crippen LogP contribution is 2.32. The number of ketones is 1. The van der Waals surface area contributed by atoms with E-state index in [1.807, 2.05) is 0 Å². The molecule has 1 nitrogen and oxygen atoms in total. The number of carbonyl (C=O) groups excluding carboxylic acids is 1. The van der Waals surface area contributed by atoms with Crippen molar-refractivity contribution >= 4 is 5.78 Å². The van der Waals surface area contributed by atoms with Crippen molar-refractivity contribution in [2.45, 2.75) is 20.0 Å². The SMILES string of the molecule is CC(C)=CC(=O)c1ccccc1C(F)(F)F. The van der Waals surface area contributed by atoms with Gasteiger partial charge in [-0.3, -0.25) is 4.79 Å². The summed E-state index contributed by atoms with van der Waals surface area (Å²) < 4.78 is 37.7. The van der Waals surface area contributed by atoms with E-state index in [-0.39, 0.29) is 5.56 Å². The van der Waals surface area contributed by atoms with Gasteiger partial charge in [0.15, 0.2) is 5.78 Å². The van der Waals surface area contributed by atoms with Crippen molar-refractivity contribution in [3.8, 4) is 0 Å². The van der Waals surface area contributed by atoms with Gasteiger partial charge in [0, 0.05) is 5.56 Å². The zero-order valence-electron chi connectivity index (χ0n) is 8.93. The van der Waals surface area contributed by atoms with Gasteiger partial charge in [0.2, 0.25) is 0 Å². The summed E-state index contributed by atoms with van der Waals surface area (Å²) in [6, 6.07) is 4.78. The minimum Gasteiger partial charge on any atom is -0.289 e. The van der Waals surface area contributed by atoms with E-state index in [9.17, 15) is 18.0 Å². The zero-order chi connectivity index (χ0) is 12.3. The van der Waals surface area contributed by atoms with Gasteiger partial charge in [0.1, 0.15) is 0 Å². The highest BCUT2D eigenvalue weighted by atomic mass is 19.4. The lowest BCUT2D eigenvalue weighted by Gasteiger charge is -2.10. The zero-order valence-corrected chi connectivity index (χ0v) is 8.93. The highest BCUT2D eigenvalue weighted by Gasteiger charge is 2.34. The average molecular weight is 228 g/mol. The van der Waals surface area contributed by atoms with Crippen LogP contribution in [0.25, 0.3) is 0 Å². The molecule has 0 saturated carbocycles. The number of allylic oxidation sites excluding steroid dienone is 2. The van der Waals surface area contributed by atoms with Gasteiger partial charge in [0.05, 0.1) is 5.56 Å². The summed E-state index contributed by atoms with van der Waals surface area (Å²) in [6.07, 6.45) is -3.30. The second-order valence-corrected chi connectivity index (χ2v) is 3.63. The molecule has 0 aromatic heterocycles. The minimum atomic E-state index is -4.50. The monoisotopic (exact) mass is 228 g/mol. The molecule has 0 N–H and O–H groups in total. The van der Waals surface area contributed by atoms with Crippen molar-refractivity contribution in [2.75, 3.05) is 0 Å². The van der Waals surface area contributed by atoms with E-state index in [1.165, 1.54) is 24.3 Å². The Hall–Kier alpha value is -1.58. The molecule has 0 amide bonds. The molecule has 86 valence electrons. The van der Waals surface area contributed by atoms with Crippen LogP contribution in [0.4, 0.5) is 13.2 Å². The number of hydrogen-bond donors (Lipinski definition) is 0. The highest BCUT2D eigenvalue weighted by molar-refractivity contribution is 6.06. The lowest BCUT2D eigenvalue weighted by atomic mass is 10.0. The largest absolute Gasteiger partial charge is 0.417 e. The first kappa shape index (κ1) is 12.5. The lowest BCUT2D eigenvalue weighted by Crippen LogP contribution is -2.11. The van der Waals surface area contributed by atoms with Gasteiger partial charge in [0.25, 0.3) is 0 Å². The van der Waals surface area contributed by atoms with Crippen molar-refractivity contribution < 1.29 is 18.0 Å². The second kappa shape index (κ2) is 4.51. The van der Waals surface area contributed by atoms with E-state index >= 15 is 0 Å². The summed E-state index contributed by atoms with van der Waals surface area (Å²) in [5.41, 5.74) is -0.532. The summed E-state index contributed by atoms with van der Waals surface area (Å²) in [4.78, 5) is 11.5. The first-order valence-corrected chi connectivity index (χ1v) is 4.68. The Bertz CT molecular complexity index is 426. The molecule has 0 aliphatic carbocycles. The van der Waals surface area contributed by atoms with E-state index in [0.29, 0.717) is 5.57 Å². The van der Waals surface area contributed by atoms with Crippen LogP contribution in [0.15, 0.2) is 35.9 Å². The Morgan fingerprint density at radius 3 is 2.25 bits per heavy atom. The second-order valence-electron chi connectivity index (χ2n) is 3.63. The normalized spacial score (nSPS) is 11.1. The molecule has 0 atom stereocenters. The van der Waals surface area contributed by atoms with Crippen LogP contribution < -0.4 is 0 Å². The molecule has 0 fully saturated rings. The first-order valence-electron chi connectivity index (χ1n) is 4.68. The van der Waals surface area contributed by atoms with Crippen LogP contribution in [-0.2, 0) is 6.18 Å². The number of carbonyl (C=O) groups is 1. The molecule has 1 aromatic rings. The maximum absolute atomic E-state index is 12.6. The van der Waals surface area contributed by atoms with Crippen LogP contribution in [-0.4, -0.2) is 5.78 Å². The molecule has 0 saturated heterocycles. The fourth-order valence-electron chi connectivity index (χ4n) is 1.29. The average Bonchev–Trinajstić information content (AvgIpc) is 2.15. The van der Waals surface area contributed by atoms with Gasteiger partial charge < -0.3 is 0 Å². The first-order chi connectivity index (χ1) is 7.32. The van der Waals surface area contributed by atoms with Crippen molar-refractivity contribution in [3.05, 3.63) is 47.0 Å². The molecule has 1 aromatic carbocycles. The van der Waals surface area contributed by atoms with Gasteiger partial charge in [-0.2, -0.15) is 13.2 Å². The number of halogens is 3. The van der Waals surface area contributed by atoms with Crippen LogP contribution in [0.2, 0.25) is 0 Å². The van der Waals surface area contributed by atoms with E-state index in [1.54, 1.807) is 13.8 Å². The van der Waals surface area contributed by atoms with Crippen LogP contribution in [0, 0.1) is 0 Å². The fourth-order valence-corrected chi connectivity index (χ4v) is 1.29. The van der Waals surface area contributed by atoms with Crippen molar-refractivity contribution in [2.24, 2.45) is 0 Å². The summed E-state index contributed by atoms with van der Waals surface area (Å²) in [5, 5.41) is 0. The Labute approximate surface area is 91.6 Å². The molecule has 0 bridgehead atoms. The Morgan fingerprint density at radius 2 is 1.75 bits per heavy atom. The molecule has 0 aliphatic rings. The van der Waals surface area contributed by atoms with E-state index in [2.05, 4.69) is 0 Å². The molecule has 0 aliphatic heterocycles. The van der Waals surface area contributed by atoms with Gasteiger partial charge in [-0.05, 0) is 26.0 Å². The quantitative estimate of drug-likeness (QED) is 0.555. The predicted molar refractivity (Wildman–Crippen MR) is 55.2 cm³/mol. The molecule has 0 unspecified atom stereocenters. The third-order valence-corrected chi connectivity index (χ3v) is 1.92. The molecule has 0 radical (unpaired) electrons. The molecular formula is C12H11F3O. The Morgan fingerprint density at radius 1 is 1.19 bits per heavy atom. The Balaban J connectivity index is 3.25. The number of rotatable bonds is 2. The van der Waals surface area contributed by atoms with Gasteiger partial charge in [-0.1, -0.05) is 23.8 Å². The van der Waals surface area contributed by atoms with E-state index in [0.717, 1.165) is 6.07 Å². The van der Waals surface area contributed by atoms with Crippen molar-refractivity contribution in [3.63, 3.8) is 0 Å². The third kappa shape index (κ3) is 2.95. The van der Waals surface area contributed by atoms with Crippen molar-refractivity contribution in [1.29, 1.82) is 0 Å². The molecule has 16 heavy (non-hydrogen) atoms. The fraction of sp³-hybridized carbons (Fsp3) is 0.250. The summed E-state index contributed by atoms with van der Waals surface area (Å²) in [7, 11) is 0. The standard InChI is InChI=1S/C12H11F3O/c1-8(2)7-11(16)9-5-3-4-6-10(9)12(13,14)15/h3-7H,1-2H3. The molecular weight excluding hydrogens is 217 g/mol. The lowest BCUT2D eigenvalue weighted by molar-refractivity contribution is -0.137. The van der Waals surface area contributed by atoms with Crippen LogP contribution >= 0.6 is 0 Å². The maximum Gasteiger partial charge on any atom is 0.417 e. The van der Waals surface area contributed by atoms with Gasteiger partial charge in [-0.25, -0.2) is 0 Å². The van der Waals surface area contributed by atoms with E-state index in [4.69, 9.17) is 0 Å². The molecule has 0 heterocycles. The number of alkyl halides is 3. The maximum atomic E-state index is 12.6. The smallest absolute Gasteiger partial charge is 0.289 e. The predicted octanol–water partition coefficient (Wildman–Crippen LogP) is 3.85. The van der Waals surface area contributed by atoms with Gasteiger partial charge in [-0.15, -0.1) is 0 Å². The summed E-state index contributed by atoms with van der Waals surface area (Å²) >= 11 is 0. The summed E-state index contributed by atoms with van der Waals surface area (Å²) in [6.45, 7) is 3.32. The van der Waals surface area contributed by atoms with Gasteiger partial charge >= 0.3 is 6.18 Å². The summed E-state index contributed by atoms with van der Waals surface area (Å²) in [5.74, 6) is -0.618. The minimum absolute atomic E-state index is 0.309. The van der Waals surface area contributed by atoms with Crippen molar-refractivity contribution in [1.82, 2.24) is 0 Å². The number of benzene rings is 1. The van der Waals surface area contributed by atoms with Crippen LogP contribution in [0.5, 0.6) is 0 Å². The number of hydrogen-bond acceptors (Lipinski definition) is 1. The van der Waals surface area contributed by atoms with Crippen LogP contribution in [0.1, 0.15) is 29.8 Å². The van der Waals surface area contributed by atoms with Crippen LogP contribution in [0.3, 0.4) is 0 Å². The molecule has 4 heteroatoms.